The molecule has 0 spiro atoms. The summed E-state index contributed by atoms with van der Waals surface area (Å²) >= 11 is 1.60. The second kappa shape index (κ2) is 12.4. The average molecular weight is 585 g/mol. The maximum absolute atomic E-state index is 12.5. The molecule has 0 radical (unpaired) electrons. The summed E-state index contributed by atoms with van der Waals surface area (Å²) in [6, 6.07) is 12.5. The minimum atomic E-state index is -0.262. The standard InChI is InChI=1S/C31H36N8O2S/c1-4-31(40)36-25-16-26(35-30-17-24(32-19-33-30)21-5-6-23-29(15-21)42-20-34-23)28(41-3)18-27(25)39-9-7-22(8-10-39)38-13-11-37(2)12-14-38/h4-6,15-20,22H,1,7-14H2,2-3H3,(H,36,40)(H,32,33,35). The van der Waals surface area contributed by atoms with E-state index in [1.807, 2.05) is 35.8 Å². The van der Waals surface area contributed by atoms with E-state index in [0.717, 1.165) is 79.3 Å². The molecule has 0 bridgehead atoms. The number of ether oxygens (including phenoxy) is 1. The molecule has 1 amide bonds. The van der Waals surface area contributed by atoms with Gasteiger partial charge in [0.25, 0.3) is 0 Å². The van der Waals surface area contributed by atoms with Gasteiger partial charge in [0.15, 0.2) is 0 Å². The molecule has 2 fully saturated rings. The third kappa shape index (κ3) is 6.08. The van der Waals surface area contributed by atoms with Crippen LogP contribution >= 0.6 is 11.3 Å². The molecule has 10 nitrogen and oxygen atoms in total. The van der Waals surface area contributed by atoms with Crippen LogP contribution in [-0.2, 0) is 4.79 Å². The van der Waals surface area contributed by atoms with Crippen LogP contribution in [0.5, 0.6) is 5.75 Å². The van der Waals surface area contributed by atoms with E-state index >= 15 is 0 Å². The van der Waals surface area contributed by atoms with Gasteiger partial charge in [-0.05, 0) is 44.2 Å². The topological polar surface area (TPSA) is 98.7 Å². The minimum absolute atomic E-state index is 0.262. The average Bonchev–Trinajstić information content (AvgIpc) is 3.50. The molecule has 4 aromatic rings. The third-order valence-corrected chi connectivity index (χ3v) is 8.97. The maximum Gasteiger partial charge on any atom is 0.247 e. The van der Waals surface area contributed by atoms with Crippen LogP contribution in [0.2, 0.25) is 0 Å². The van der Waals surface area contributed by atoms with E-state index in [0.29, 0.717) is 29.0 Å². The molecule has 218 valence electrons. The summed E-state index contributed by atoms with van der Waals surface area (Å²) < 4.78 is 6.94. The van der Waals surface area contributed by atoms with E-state index in [2.05, 4.69) is 60.0 Å². The molecule has 4 heterocycles. The number of likely N-dealkylation sites (N-methyl/N-ethyl adjacent to an activating group) is 1. The van der Waals surface area contributed by atoms with Gasteiger partial charge in [-0.25, -0.2) is 15.0 Å². The summed E-state index contributed by atoms with van der Waals surface area (Å²) in [7, 11) is 3.85. The zero-order chi connectivity index (χ0) is 29.1. The highest BCUT2D eigenvalue weighted by molar-refractivity contribution is 7.16. The molecule has 2 aromatic heterocycles. The van der Waals surface area contributed by atoms with Crippen LogP contribution in [0.25, 0.3) is 21.5 Å². The fourth-order valence-corrected chi connectivity index (χ4v) is 6.49. The second-order valence-electron chi connectivity index (χ2n) is 10.8. The van der Waals surface area contributed by atoms with Crippen LogP contribution in [0.1, 0.15) is 12.8 Å². The van der Waals surface area contributed by atoms with Gasteiger partial charge in [0.05, 0.1) is 45.6 Å². The first-order chi connectivity index (χ1) is 20.5. The smallest absolute Gasteiger partial charge is 0.247 e. The predicted molar refractivity (Wildman–Crippen MR) is 170 cm³/mol. The van der Waals surface area contributed by atoms with E-state index in [1.165, 1.54) is 6.08 Å². The largest absolute Gasteiger partial charge is 0.494 e. The van der Waals surface area contributed by atoms with Gasteiger partial charge in [-0.15, -0.1) is 11.3 Å². The Morgan fingerprint density at radius 3 is 2.60 bits per heavy atom. The Morgan fingerprint density at radius 2 is 1.83 bits per heavy atom. The Hall–Kier alpha value is -4.06. The van der Waals surface area contributed by atoms with Gasteiger partial charge in [0.2, 0.25) is 5.91 Å². The predicted octanol–water partition coefficient (Wildman–Crippen LogP) is 4.85. The Morgan fingerprint density at radius 1 is 1.02 bits per heavy atom. The number of methoxy groups -OCH3 is 1. The monoisotopic (exact) mass is 584 g/mol. The molecule has 2 N–H and O–H groups in total. The number of thiazole rings is 1. The maximum atomic E-state index is 12.5. The summed E-state index contributed by atoms with van der Waals surface area (Å²) in [4.78, 5) is 33.2. The molecule has 0 aliphatic carbocycles. The summed E-state index contributed by atoms with van der Waals surface area (Å²) in [6.45, 7) is 9.96. The highest BCUT2D eigenvalue weighted by Crippen LogP contribution is 2.40. The van der Waals surface area contributed by atoms with Gasteiger partial charge in [-0.1, -0.05) is 12.6 Å². The normalized spacial score (nSPS) is 16.9. The van der Waals surface area contributed by atoms with E-state index in [1.54, 1.807) is 24.8 Å². The number of carbonyl (C=O) groups is 1. The van der Waals surface area contributed by atoms with Gasteiger partial charge in [-0.2, -0.15) is 0 Å². The number of hydrogen-bond acceptors (Lipinski definition) is 10. The zero-order valence-electron chi connectivity index (χ0n) is 24.0. The van der Waals surface area contributed by atoms with E-state index in [-0.39, 0.29) is 5.91 Å². The lowest BCUT2D eigenvalue weighted by molar-refractivity contribution is -0.111. The van der Waals surface area contributed by atoms with Crippen LogP contribution in [0.3, 0.4) is 0 Å². The molecular formula is C31H36N8O2S. The van der Waals surface area contributed by atoms with Gasteiger partial charge >= 0.3 is 0 Å². The lowest BCUT2D eigenvalue weighted by Gasteiger charge is -2.43. The Bertz CT molecular complexity index is 1570. The Balaban J connectivity index is 1.24. The summed E-state index contributed by atoms with van der Waals surface area (Å²) in [5, 5.41) is 6.41. The Labute approximate surface area is 250 Å². The van der Waals surface area contributed by atoms with Gasteiger partial charge in [0, 0.05) is 63.0 Å². The molecular weight excluding hydrogens is 548 g/mol. The second-order valence-corrected chi connectivity index (χ2v) is 11.7. The van der Waals surface area contributed by atoms with Crippen molar-refractivity contribution in [3.63, 3.8) is 0 Å². The summed E-state index contributed by atoms with van der Waals surface area (Å²) in [5.74, 6) is 1.01. The van der Waals surface area contributed by atoms with E-state index < -0.39 is 0 Å². The molecule has 0 unspecified atom stereocenters. The fourth-order valence-electron chi connectivity index (χ4n) is 5.78. The number of hydrogen-bond donors (Lipinski definition) is 2. The summed E-state index contributed by atoms with van der Waals surface area (Å²) in [5.41, 5.74) is 6.92. The highest BCUT2D eigenvalue weighted by atomic mass is 32.1. The highest BCUT2D eigenvalue weighted by Gasteiger charge is 2.28. The van der Waals surface area contributed by atoms with E-state index in [4.69, 9.17) is 4.74 Å². The number of amides is 1. The number of nitrogens with zero attached hydrogens (tertiary/aromatic N) is 6. The Kier molecular flexibility index (Phi) is 8.31. The number of nitrogens with one attached hydrogen (secondary N) is 2. The first-order valence-corrected chi connectivity index (χ1v) is 15.1. The number of carbonyl (C=O) groups excluding carboxylic acids is 1. The molecule has 2 saturated heterocycles. The van der Waals surface area contributed by atoms with Crippen LogP contribution in [0, 0.1) is 0 Å². The van der Waals surface area contributed by atoms with Crippen molar-refractivity contribution in [2.45, 2.75) is 18.9 Å². The lowest BCUT2D eigenvalue weighted by atomic mass is 10.0. The molecule has 2 aliphatic heterocycles. The van der Waals surface area contributed by atoms with Crippen LogP contribution in [0.4, 0.5) is 22.9 Å². The van der Waals surface area contributed by atoms with Crippen molar-refractivity contribution in [1.29, 1.82) is 0 Å². The number of anilines is 4. The molecule has 2 aromatic carbocycles. The molecule has 11 heteroatoms. The van der Waals surface area contributed by atoms with Gasteiger partial charge < -0.3 is 25.2 Å². The van der Waals surface area contributed by atoms with Crippen molar-refractivity contribution in [2.24, 2.45) is 0 Å². The van der Waals surface area contributed by atoms with Crippen molar-refractivity contribution < 1.29 is 9.53 Å². The molecule has 42 heavy (non-hydrogen) atoms. The number of fused-ring (bicyclic) bond motifs is 1. The zero-order valence-corrected chi connectivity index (χ0v) is 24.9. The van der Waals surface area contributed by atoms with Crippen LogP contribution in [-0.4, -0.2) is 90.1 Å². The lowest BCUT2D eigenvalue weighted by Crippen LogP contribution is -2.52. The van der Waals surface area contributed by atoms with Gasteiger partial charge in [0.1, 0.15) is 17.9 Å². The van der Waals surface area contributed by atoms with Crippen molar-refractivity contribution in [3.05, 3.63) is 60.9 Å². The van der Waals surface area contributed by atoms with Crippen LogP contribution < -0.4 is 20.3 Å². The molecule has 0 atom stereocenters. The van der Waals surface area contributed by atoms with Crippen molar-refractivity contribution in [3.8, 4) is 17.0 Å². The van der Waals surface area contributed by atoms with Crippen molar-refractivity contribution in [2.75, 3.05) is 69.0 Å². The summed E-state index contributed by atoms with van der Waals surface area (Å²) in [6.07, 6.45) is 4.99. The quantitative estimate of drug-likeness (QED) is 0.282. The van der Waals surface area contributed by atoms with Crippen molar-refractivity contribution >= 4 is 50.3 Å². The number of rotatable bonds is 8. The first kappa shape index (κ1) is 28.1. The third-order valence-electron chi connectivity index (χ3n) is 8.18. The van der Waals surface area contributed by atoms with Crippen molar-refractivity contribution in [1.82, 2.24) is 24.8 Å². The number of aromatic nitrogens is 3. The number of benzene rings is 2. The van der Waals surface area contributed by atoms with E-state index in [9.17, 15) is 4.79 Å². The fraction of sp³-hybridized carbons (Fsp3) is 0.355. The molecule has 6 rings (SSSR count). The number of piperidine rings is 1. The molecule has 0 saturated carbocycles. The number of piperazine rings is 1. The van der Waals surface area contributed by atoms with Crippen LogP contribution in [0.15, 0.2) is 60.9 Å². The SMILES string of the molecule is C=CC(=O)Nc1cc(Nc2cc(-c3ccc4ncsc4c3)ncn2)c(OC)cc1N1CCC(N2CCN(C)CC2)CC1. The first-order valence-electron chi connectivity index (χ1n) is 14.3. The molecule has 2 aliphatic rings. The van der Waals surface area contributed by atoms with Gasteiger partial charge in [-0.3, -0.25) is 9.69 Å². The minimum Gasteiger partial charge on any atom is -0.494 e.